The first-order chi connectivity index (χ1) is 12.0. The summed E-state index contributed by atoms with van der Waals surface area (Å²) in [5, 5.41) is 0.916. The summed E-state index contributed by atoms with van der Waals surface area (Å²) < 4.78 is 25.7. The second kappa shape index (κ2) is 7.37. The van der Waals surface area contributed by atoms with Crippen molar-refractivity contribution in [2.45, 2.75) is 18.9 Å². The number of aliphatic imine (C=N–C) groups is 1. The molecule has 0 aromatic heterocycles. The van der Waals surface area contributed by atoms with E-state index >= 15 is 0 Å². The molecular weight excluding hydrogens is 340 g/mol. The molecule has 134 valence electrons. The first-order valence-corrected chi connectivity index (χ1v) is 9.79. The number of likely N-dealkylation sites (tertiary alicyclic amines) is 1. The molecule has 2 aliphatic rings. The zero-order valence-electron chi connectivity index (χ0n) is 14.0. The predicted octanol–water partition coefficient (Wildman–Crippen LogP) is 0.937. The minimum Gasteiger partial charge on any atom is -0.342 e. The fourth-order valence-corrected chi connectivity index (χ4v) is 3.92. The number of nitrogens with zero attached hydrogens (tertiary/aromatic N) is 3. The molecular formula is C17H22N4O3S. The van der Waals surface area contributed by atoms with E-state index in [9.17, 15) is 13.2 Å². The largest absolute Gasteiger partial charge is 0.342 e. The van der Waals surface area contributed by atoms with Crippen molar-refractivity contribution in [2.75, 3.05) is 31.2 Å². The van der Waals surface area contributed by atoms with Gasteiger partial charge in [0.05, 0.1) is 6.54 Å². The Morgan fingerprint density at radius 3 is 2.76 bits per heavy atom. The minimum absolute atomic E-state index is 0.0388. The lowest BCUT2D eigenvalue weighted by Gasteiger charge is -2.34. The molecule has 0 radical (unpaired) electrons. The number of rotatable bonds is 5. The Labute approximate surface area is 148 Å². The number of carbonyl (C=O) groups is 1. The maximum atomic E-state index is 12.6. The summed E-state index contributed by atoms with van der Waals surface area (Å²) in [5.74, 6) is 0.0388. The van der Waals surface area contributed by atoms with E-state index in [1.165, 1.54) is 0 Å². The molecule has 1 aromatic carbocycles. The molecule has 1 aromatic rings. The topological polar surface area (TPSA) is 82.1 Å². The van der Waals surface area contributed by atoms with Gasteiger partial charge in [-0.3, -0.25) is 9.79 Å². The van der Waals surface area contributed by atoms with Gasteiger partial charge in [0.15, 0.2) is 0 Å². The number of para-hydroxylation sites is 1. The number of benzene rings is 1. The van der Waals surface area contributed by atoms with Crippen LogP contribution in [-0.4, -0.2) is 57.8 Å². The molecule has 7 nitrogen and oxygen atoms in total. The van der Waals surface area contributed by atoms with Crippen molar-refractivity contribution in [3.63, 3.8) is 0 Å². The van der Waals surface area contributed by atoms with E-state index in [4.69, 9.17) is 0 Å². The molecule has 1 fully saturated rings. The highest BCUT2D eigenvalue weighted by atomic mass is 32.2. The Morgan fingerprint density at radius 1 is 1.32 bits per heavy atom. The molecule has 0 spiro atoms. The van der Waals surface area contributed by atoms with Gasteiger partial charge in [-0.25, -0.2) is 13.1 Å². The van der Waals surface area contributed by atoms with Crippen LogP contribution >= 0.6 is 0 Å². The molecule has 1 saturated heterocycles. The number of piperidine rings is 1. The van der Waals surface area contributed by atoms with E-state index < -0.39 is 10.0 Å². The third kappa shape index (κ3) is 4.26. The Morgan fingerprint density at radius 2 is 2.04 bits per heavy atom. The van der Waals surface area contributed by atoms with Gasteiger partial charge in [-0.2, -0.15) is 0 Å². The predicted molar refractivity (Wildman–Crippen MR) is 98.1 cm³/mol. The minimum atomic E-state index is -3.43. The first-order valence-electron chi connectivity index (χ1n) is 8.25. The number of hydrogen-bond acceptors (Lipinski definition) is 5. The van der Waals surface area contributed by atoms with Crippen molar-refractivity contribution in [3.05, 3.63) is 41.8 Å². The van der Waals surface area contributed by atoms with Gasteiger partial charge in [-0.05, 0) is 18.9 Å². The summed E-state index contributed by atoms with van der Waals surface area (Å²) in [7, 11) is -3.43. The van der Waals surface area contributed by atoms with Crippen molar-refractivity contribution < 1.29 is 13.2 Å². The highest BCUT2D eigenvalue weighted by Gasteiger charge is 2.26. The van der Waals surface area contributed by atoms with Gasteiger partial charge < -0.3 is 9.80 Å². The highest BCUT2D eigenvalue weighted by Crippen LogP contribution is 2.22. The van der Waals surface area contributed by atoms with Crippen LogP contribution in [0.25, 0.3) is 0 Å². The van der Waals surface area contributed by atoms with E-state index in [0.29, 0.717) is 32.6 Å². The summed E-state index contributed by atoms with van der Waals surface area (Å²) in [4.78, 5) is 20.7. The number of sulfonamides is 1. The molecule has 2 heterocycles. The van der Waals surface area contributed by atoms with E-state index in [1.807, 2.05) is 35.4 Å². The van der Waals surface area contributed by atoms with Crippen molar-refractivity contribution in [3.8, 4) is 0 Å². The number of fused-ring (bicyclic) bond motifs is 1. The molecule has 8 heteroatoms. The van der Waals surface area contributed by atoms with Crippen LogP contribution in [-0.2, 0) is 14.8 Å². The van der Waals surface area contributed by atoms with Gasteiger partial charge in [0.25, 0.3) is 0 Å². The number of nitrogens with one attached hydrogen (secondary N) is 1. The van der Waals surface area contributed by atoms with Crippen LogP contribution in [0.15, 0.2) is 41.2 Å². The van der Waals surface area contributed by atoms with E-state index in [2.05, 4.69) is 16.3 Å². The summed E-state index contributed by atoms with van der Waals surface area (Å²) in [6.45, 7) is 5.13. The Bertz CT molecular complexity index is 783. The van der Waals surface area contributed by atoms with Gasteiger partial charge in [0.2, 0.25) is 15.9 Å². The van der Waals surface area contributed by atoms with Crippen LogP contribution in [0.1, 0.15) is 18.4 Å². The number of hydrogen-bond donors (Lipinski definition) is 1. The van der Waals surface area contributed by atoms with Gasteiger partial charge in [0, 0.05) is 42.0 Å². The lowest BCUT2D eigenvalue weighted by Crippen LogP contribution is -2.49. The standard InChI is InChI=1S/C17H22N4O3S/c1-2-25(23,24)19-15-7-9-20(10-8-15)17(22)12-21-13-18-11-14-5-3-4-6-16(14)21/h2-6,11,15,19H,1,7-10,12-13H2. The third-order valence-electron chi connectivity index (χ3n) is 4.48. The quantitative estimate of drug-likeness (QED) is 0.845. The third-order valence-corrected chi connectivity index (χ3v) is 5.59. The average Bonchev–Trinajstić information content (AvgIpc) is 2.62. The molecule has 2 aliphatic heterocycles. The Hall–Kier alpha value is -2.19. The molecule has 3 rings (SSSR count). The molecule has 0 bridgehead atoms. The fraction of sp³-hybridized carbons (Fsp3) is 0.412. The monoisotopic (exact) mass is 362 g/mol. The lowest BCUT2D eigenvalue weighted by molar-refractivity contribution is -0.130. The van der Waals surface area contributed by atoms with Crippen molar-refractivity contribution >= 4 is 27.8 Å². The molecule has 0 saturated carbocycles. The van der Waals surface area contributed by atoms with Gasteiger partial charge in [-0.1, -0.05) is 24.8 Å². The van der Waals surface area contributed by atoms with Crippen LogP contribution in [0.5, 0.6) is 0 Å². The maximum Gasteiger partial charge on any atom is 0.242 e. The van der Waals surface area contributed by atoms with Gasteiger partial charge in [0.1, 0.15) is 6.67 Å². The van der Waals surface area contributed by atoms with Crippen LogP contribution < -0.4 is 9.62 Å². The van der Waals surface area contributed by atoms with Crippen molar-refractivity contribution in [2.24, 2.45) is 4.99 Å². The van der Waals surface area contributed by atoms with Gasteiger partial charge >= 0.3 is 0 Å². The van der Waals surface area contributed by atoms with E-state index in [-0.39, 0.29) is 18.5 Å². The maximum absolute atomic E-state index is 12.6. The van der Waals surface area contributed by atoms with Crippen molar-refractivity contribution in [1.82, 2.24) is 9.62 Å². The number of anilines is 1. The zero-order chi connectivity index (χ0) is 17.9. The number of carbonyl (C=O) groups excluding carboxylic acids is 1. The second-order valence-electron chi connectivity index (χ2n) is 6.19. The molecule has 0 atom stereocenters. The number of amides is 1. The van der Waals surface area contributed by atoms with Crippen LogP contribution in [0, 0.1) is 0 Å². The Kier molecular flexibility index (Phi) is 5.19. The molecule has 25 heavy (non-hydrogen) atoms. The summed E-state index contributed by atoms with van der Waals surface area (Å²) in [5.41, 5.74) is 2.03. The smallest absolute Gasteiger partial charge is 0.242 e. The summed E-state index contributed by atoms with van der Waals surface area (Å²) >= 11 is 0. The lowest BCUT2D eigenvalue weighted by atomic mass is 10.1. The molecule has 1 amide bonds. The average molecular weight is 362 g/mol. The van der Waals surface area contributed by atoms with Crippen LogP contribution in [0.4, 0.5) is 5.69 Å². The van der Waals surface area contributed by atoms with E-state index in [0.717, 1.165) is 16.7 Å². The summed E-state index contributed by atoms with van der Waals surface area (Å²) in [6.07, 6.45) is 3.04. The zero-order valence-corrected chi connectivity index (χ0v) is 14.8. The van der Waals surface area contributed by atoms with Crippen LogP contribution in [0.3, 0.4) is 0 Å². The van der Waals surface area contributed by atoms with Crippen molar-refractivity contribution in [1.29, 1.82) is 0 Å². The van der Waals surface area contributed by atoms with Gasteiger partial charge in [-0.15, -0.1) is 0 Å². The molecule has 1 N–H and O–H groups in total. The SMILES string of the molecule is C=CS(=O)(=O)NC1CCN(C(=O)CN2CN=Cc3ccccc32)CC1. The fourth-order valence-electron chi connectivity index (χ4n) is 3.12. The van der Waals surface area contributed by atoms with Crippen LogP contribution in [0.2, 0.25) is 0 Å². The molecule has 0 unspecified atom stereocenters. The normalized spacial score (nSPS) is 18.1. The highest BCUT2D eigenvalue weighted by molar-refractivity contribution is 7.92. The van der Waals surface area contributed by atoms with E-state index in [1.54, 1.807) is 4.90 Å². The second-order valence-corrected chi connectivity index (χ2v) is 7.85. The molecule has 0 aliphatic carbocycles. The Balaban J connectivity index is 1.55. The first kappa shape index (κ1) is 17.6. The summed E-state index contributed by atoms with van der Waals surface area (Å²) in [6, 6.07) is 7.72.